The maximum Gasteiger partial charge on any atom is 0.224 e. The van der Waals surface area contributed by atoms with Crippen LogP contribution in [0.4, 0.5) is 0 Å². The van der Waals surface area contributed by atoms with E-state index in [1.165, 1.54) is 6.42 Å². The van der Waals surface area contributed by atoms with Crippen molar-refractivity contribution < 1.29 is 8.42 Å². The van der Waals surface area contributed by atoms with Gasteiger partial charge >= 0.3 is 0 Å². The van der Waals surface area contributed by atoms with Crippen molar-refractivity contribution in [2.45, 2.75) is 32.1 Å². The molecule has 0 aromatic heterocycles. The van der Waals surface area contributed by atoms with E-state index in [4.69, 9.17) is 0 Å². The second-order valence-corrected chi connectivity index (χ2v) is 6.66. The van der Waals surface area contributed by atoms with Gasteiger partial charge < -0.3 is 0 Å². The molecule has 0 saturated carbocycles. The summed E-state index contributed by atoms with van der Waals surface area (Å²) < 4.78 is 24.7. The van der Waals surface area contributed by atoms with Gasteiger partial charge in [0, 0.05) is 13.1 Å². The molecule has 78 valence electrons. The van der Waals surface area contributed by atoms with E-state index in [0.717, 1.165) is 25.7 Å². The zero-order valence-corrected chi connectivity index (χ0v) is 10.1. The smallest absolute Gasteiger partial charge is 0.211 e. The molecule has 1 fully saturated rings. The van der Waals surface area contributed by atoms with Crippen LogP contribution in [0.25, 0.3) is 0 Å². The lowest BCUT2D eigenvalue weighted by Gasteiger charge is -2.22. The highest BCUT2D eigenvalue weighted by atomic mass is 79.9. The normalized spacial score (nSPS) is 22.2. The quantitative estimate of drug-likeness (QED) is 0.719. The summed E-state index contributed by atoms with van der Waals surface area (Å²) in [6.45, 7) is 1.40. The standard InChI is InChI=1S/C8H16BrNO2S/c9-8-13(11,12)10-6-4-2-1-3-5-7-10/h1-8H2. The predicted molar refractivity (Wildman–Crippen MR) is 57.4 cm³/mol. The minimum atomic E-state index is -3.01. The van der Waals surface area contributed by atoms with Crippen molar-refractivity contribution >= 4 is 26.0 Å². The van der Waals surface area contributed by atoms with Crippen molar-refractivity contribution in [1.29, 1.82) is 0 Å². The van der Waals surface area contributed by atoms with Crippen LogP contribution in [0.5, 0.6) is 0 Å². The molecule has 5 heteroatoms. The van der Waals surface area contributed by atoms with Gasteiger partial charge in [-0.15, -0.1) is 0 Å². The van der Waals surface area contributed by atoms with Crippen LogP contribution >= 0.6 is 15.9 Å². The van der Waals surface area contributed by atoms with Crippen LogP contribution < -0.4 is 0 Å². The van der Waals surface area contributed by atoms with Gasteiger partial charge in [-0.2, -0.15) is 0 Å². The van der Waals surface area contributed by atoms with Gasteiger partial charge in [0.2, 0.25) is 10.0 Å². The molecular formula is C8H16BrNO2S. The lowest BCUT2D eigenvalue weighted by molar-refractivity contribution is 0.366. The Morgan fingerprint density at radius 2 is 1.46 bits per heavy atom. The minimum Gasteiger partial charge on any atom is -0.211 e. The van der Waals surface area contributed by atoms with Gasteiger partial charge in [0.25, 0.3) is 0 Å². The van der Waals surface area contributed by atoms with Crippen molar-refractivity contribution in [1.82, 2.24) is 4.31 Å². The molecule has 0 N–H and O–H groups in total. The summed E-state index contributed by atoms with van der Waals surface area (Å²) in [4.78, 5) is 0. The number of nitrogens with zero attached hydrogens (tertiary/aromatic N) is 1. The molecule has 0 atom stereocenters. The van der Waals surface area contributed by atoms with Crippen LogP contribution in [0, 0.1) is 0 Å². The Bertz CT molecular complexity index is 233. The highest BCUT2D eigenvalue weighted by Gasteiger charge is 2.20. The van der Waals surface area contributed by atoms with Gasteiger partial charge in [0.1, 0.15) is 4.66 Å². The third-order valence-electron chi connectivity index (χ3n) is 2.35. The van der Waals surface area contributed by atoms with E-state index < -0.39 is 10.0 Å². The molecule has 0 aromatic carbocycles. The van der Waals surface area contributed by atoms with E-state index in [0.29, 0.717) is 13.1 Å². The van der Waals surface area contributed by atoms with E-state index >= 15 is 0 Å². The Balaban J connectivity index is 2.56. The Labute approximate surface area is 88.7 Å². The lowest BCUT2D eigenvalue weighted by atomic mass is 10.1. The molecule has 1 saturated heterocycles. The highest BCUT2D eigenvalue weighted by Crippen LogP contribution is 2.14. The van der Waals surface area contributed by atoms with Crippen molar-refractivity contribution in [2.24, 2.45) is 0 Å². The van der Waals surface area contributed by atoms with Crippen molar-refractivity contribution in [3.63, 3.8) is 0 Å². The third-order valence-corrected chi connectivity index (χ3v) is 5.51. The highest BCUT2D eigenvalue weighted by molar-refractivity contribution is 9.10. The molecule has 0 spiro atoms. The predicted octanol–water partition coefficient (Wildman–Crippen LogP) is 1.93. The monoisotopic (exact) mass is 269 g/mol. The van der Waals surface area contributed by atoms with Gasteiger partial charge in [-0.05, 0) is 12.8 Å². The second-order valence-electron chi connectivity index (χ2n) is 3.39. The van der Waals surface area contributed by atoms with E-state index in [-0.39, 0.29) is 4.66 Å². The molecule has 0 aromatic rings. The van der Waals surface area contributed by atoms with Crippen LogP contribution in [0.15, 0.2) is 0 Å². The summed E-state index contributed by atoms with van der Waals surface area (Å²) in [7, 11) is -3.01. The van der Waals surface area contributed by atoms with Gasteiger partial charge in [0.05, 0.1) is 0 Å². The molecule has 0 aliphatic carbocycles. The fourth-order valence-electron chi connectivity index (χ4n) is 1.57. The maximum atomic E-state index is 11.5. The number of halogens is 1. The van der Waals surface area contributed by atoms with Crippen molar-refractivity contribution in [2.75, 3.05) is 17.8 Å². The number of hydrogen-bond donors (Lipinski definition) is 0. The molecule has 1 heterocycles. The molecule has 0 radical (unpaired) electrons. The zero-order chi connectivity index (χ0) is 9.73. The molecule has 1 aliphatic heterocycles. The summed E-state index contributed by atoms with van der Waals surface area (Å²) in [6, 6.07) is 0. The summed E-state index contributed by atoms with van der Waals surface area (Å²) in [5.74, 6) is 0. The summed E-state index contributed by atoms with van der Waals surface area (Å²) in [5.41, 5.74) is 0. The van der Waals surface area contributed by atoms with E-state index in [1.54, 1.807) is 4.31 Å². The number of alkyl halides is 1. The summed E-state index contributed by atoms with van der Waals surface area (Å²) in [6.07, 6.45) is 5.59. The first-order valence-corrected chi connectivity index (χ1v) is 7.43. The SMILES string of the molecule is O=S(=O)(CBr)N1CCCCCCC1. The third kappa shape index (κ3) is 3.56. The van der Waals surface area contributed by atoms with Crippen molar-refractivity contribution in [3.05, 3.63) is 0 Å². The fraction of sp³-hybridized carbons (Fsp3) is 1.00. The first-order valence-electron chi connectivity index (χ1n) is 4.70. The molecule has 0 unspecified atom stereocenters. The summed E-state index contributed by atoms with van der Waals surface area (Å²) >= 11 is 3.02. The largest absolute Gasteiger partial charge is 0.224 e. The van der Waals surface area contributed by atoms with Gasteiger partial charge in [0.15, 0.2) is 0 Å². The van der Waals surface area contributed by atoms with Gasteiger partial charge in [-0.3, -0.25) is 0 Å². The molecule has 1 aliphatic rings. The molecule has 3 nitrogen and oxygen atoms in total. The van der Waals surface area contributed by atoms with Crippen LogP contribution in [0.3, 0.4) is 0 Å². The van der Waals surface area contributed by atoms with E-state index in [2.05, 4.69) is 15.9 Å². The average molecular weight is 270 g/mol. The van der Waals surface area contributed by atoms with Crippen LogP contribution in [-0.4, -0.2) is 30.5 Å². The number of sulfonamides is 1. The van der Waals surface area contributed by atoms with Crippen molar-refractivity contribution in [3.8, 4) is 0 Å². The average Bonchev–Trinajstić information content (AvgIpc) is 2.03. The lowest BCUT2D eigenvalue weighted by Crippen LogP contribution is -2.34. The molecular weight excluding hydrogens is 254 g/mol. The Hall–Kier alpha value is 0.390. The number of hydrogen-bond acceptors (Lipinski definition) is 2. The Morgan fingerprint density at radius 1 is 1.00 bits per heavy atom. The topological polar surface area (TPSA) is 37.4 Å². The number of rotatable bonds is 2. The van der Waals surface area contributed by atoms with E-state index in [1.807, 2.05) is 0 Å². The van der Waals surface area contributed by atoms with Crippen LogP contribution in [-0.2, 0) is 10.0 Å². The molecule has 13 heavy (non-hydrogen) atoms. The molecule has 1 rings (SSSR count). The maximum absolute atomic E-state index is 11.5. The first kappa shape index (κ1) is 11.5. The molecule has 0 bridgehead atoms. The Kier molecular flexibility index (Phi) is 4.69. The van der Waals surface area contributed by atoms with Gasteiger partial charge in [-0.25, -0.2) is 12.7 Å². The molecule has 0 amide bonds. The van der Waals surface area contributed by atoms with Crippen LogP contribution in [0.1, 0.15) is 32.1 Å². The zero-order valence-electron chi connectivity index (χ0n) is 7.71. The Morgan fingerprint density at radius 3 is 1.92 bits per heavy atom. The minimum absolute atomic E-state index is 0.0556. The second kappa shape index (κ2) is 5.32. The summed E-state index contributed by atoms with van der Waals surface area (Å²) in [5, 5.41) is 0. The fourth-order valence-corrected chi connectivity index (χ4v) is 3.39. The van der Waals surface area contributed by atoms with E-state index in [9.17, 15) is 8.42 Å². The first-order chi connectivity index (χ1) is 6.17. The van der Waals surface area contributed by atoms with Crippen LogP contribution in [0.2, 0.25) is 0 Å². The van der Waals surface area contributed by atoms with Gasteiger partial charge in [-0.1, -0.05) is 35.2 Å².